The second kappa shape index (κ2) is 8.20. The first kappa shape index (κ1) is 20.0. The van der Waals surface area contributed by atoms with Crippen molar-refractivity contribution in [2.45, 2.75) is 31.1 Å². The number of aromatic amines is 1. The highest BCUT2D eigenvalue weighted by Gasteiger charge is 2.34. The van der Waals surface area contributed by atoms with E-state index in [1.807, 2.05) is 55.5 Å². The fourth-order valence-corrected chi connectivity index (χ4v) is 6.11. The van der Waals surface area contributed by atoms with E-state index >= 15 is 0 Å². The summed E-state index contributed by atoms with van der Waals surface area (Å²) in [6, 6.07) is 15.4. The lowest BCUT2D eigenvalue weighted by Gasteiger charge is -2.28. The molecular weight excluding hydrogens is 406 g/mol. The molecule has 0 aliphatic carbocycles. The van der Waals surface area contributed by atoms with Crippen molar-refractivity contribution in [1.29, 1.82) is 0 Å². The number of fused-ring (bicyclic) bond motifs is 1. The van der Waals surface area contributed by atoms with E-state index in [1.54, 1.807) is 4.90 Å². The van der Waals surface area contributed by atoms with E-state index < -0.39 is 9.84 Å². The van der Waals surface area contributed by atoms with E-state index in [9.17, 15) is 13.2 Å². The zero-order chi connectivity index (χ0) is 20.4. The highest BCUT2D eigenvalue weighted by molar-refractivity contribution is 7.99. The van der Waals surface area contributed by atoms with Crippen LogP contribution in [0.5, 0.6) is 0 Å². The number of hydrogen-bond acceptors (Lipinski definition) is 5. The number of nitrogens with zero attached hydrogens (tertiary/aromatic N) is 2. The van der Waals surface area contributed by atoms with Crippen LogP contribution in [0.4, 0.5) is 0 Å². The zero-order valence-corrected chi connectivity index (χ0v) is 17.8. The van der Waals surface area contributed by atoms with Crippen molar-refractivity contribution < 1.29 is 13.2 Å². The van der Waals surface area contributed by atoms with Gasteiger partial charge in [-0.1, -0.05) is 48.2 Å². The highest BCUT2D eigenvalue weighted by Crippen LogP contribution is 2.24. The van der Waals surface area contributed by atoms with Gasteiger partial charge in [-0.2, -0.15) is 0 Å². The van der Waals surface area contributed by atoms with Crippen LogP contribution in [0.25, 0.3) is 11.0 Å². The molecule has 1 aromatic heterocycles. The Morgan fingerprint density at radius 1 is 1.24 bits per heavy atom. The number of thioether (sulfide) groups is 1. The maximum absolute atomic E-state index is 13.1. The third-order valence-electron chi connectivity index (χ3n) is 5.11. The predicted octanol–water partition coefficient (Wildman–Crippen LogP) is 3.18. The molecule has 1 aliphatic heterocycles. The molecule has 0 bridgehead atoms. The standard InChI is InChI=1S/C21H23N3O3S2/c1-15-7-8-18-19(11-15)23-21(22-18)28-13-20(25)24(12-16-5-3-2-4-6-16)17-9-10-29(26,27)14-17/h2-8,11,17H,9-10,12-14H2,1H3,(H,22,23)/t17-/m1/s1. The number of H-pyrrole nitrogens is 1. The number of hydrogen-bond donors (Lipinski definition) is 1. The number of carbonyl (C=O) groups excluding carboxylic acids is 1. The largest absolute Gasteiger partial charge is 0.334 e. The van der Waals surface area contributed by atoms with Crippen molar-refractivity contribution in [3.05, 3.63) is 59.7 Å². The molecule has 29 heavy (non-hydrogen) atoms. The van der Waals surface area contributed by atoms with Crippen LogP contribution >= 0.6 is 11.8 Å². The predicted molar refractivity (Wildman–Crippen MR) is 116 cm³/mol. The maximum atomic E-state index is 13.1. The molecule has 6 nitrogen and oxygen atoms in total. The quantitative estimate of drug-likeness (QED) is 0.609. The third kappa shape index (κ3) is 4.82. The van der Waals surface area contributed by atoms with Crippen LogP contribution in [0.3, 0.4) is 0 Å². The Kier molecular flexibility index (Phi) is 5.65. The van der Waals surface area contributed by atoms with Gasteiger partial charge >= 0.3 is 0 Å². The lowest BCUT2D eigenvalue weighted by molar-refractivity contribution is -0.130. The summed E-state index contributed by atoms with van der Waals surface area (Å²) in [5.41, 5.74) is 3.95. The summed E-state index contributed by atoms with van der Waals surface area (Å²) in [6.45, 7) is 2.44. The second-order valence-electron chi connectivity index (χ2n) is 7.42. The van der Waals surface area contributed by atoms with Crippen LogP contribution < -0.4 is 0 Å². The van der Waals surface area contributed by atoms with Crippen molar-refractivity contribution >= 4 is 38.5 Å². The van der Waals surface area contributed by atoms with Gasteiger partial charge in [0.1, 0.15) is 0 Å². The Labute approximate surface area is 174 Å². The van der Waals surface area contributed by atoms with Gasteiger partial charge in [0.05, 0.1) is 28.3 Å². The number of sulfone groups is 1. The smallest absolute Gasteiger partial charge is 0.233 e. The molecule has 2 heterocycles. The molecule has 1 aliphatic rings. The number of carbonyl (C=O) groups is 1. The Morgan fingerprint density at radius 3 is 2.76 bits per heavy atom. The minimum absolute atomic E-state index is 0.0418. The molecule has 0 saturated carbocycles. The molecule has 1 fully saturated rings. The van der Waals surface area contributed by atoms with E-state index in [-0.39, 0.29) is 29.2 Å². The van der Waals surface area contributed by atoms with Crippen molar-refractivity contribution in [3.8, 4) is 0 Å². The molecule has 0 unspecified atom stereocenters. The highest BCUT2D eigenvalue weighted by atomic mass is 32.2. The molecule has 1 saturated heterocycles. The molecule has 3 aromatic rings. The lowest BCUT2D eigenvalue weighted by atomic mass is 10.1. The molecule has 152 valence electrons. The van der Waals surface area contributed by atoms with Crippen molar-refractivity contribution in [3.63, 3.8) is 0 Å². The number of aryl methyl sites for hydroxylation is 1. The Hall–Kier alpha value is -2.32. The average Bonchev–Trinajstić information content (AvgIpc) is 3.26. The minimum atomic E-state index is -3.07. The first-order valence-corrected chi connectivity index (χ1v) is 12.3. The fourth-order valence-electron chi connectivity index (χ4n) is 3.60. The summed E-state index contributed by atoms with van der Waals surface area (Å²) >= 11 is 1.35. The molecule has 1 N–H and O–H groups in total. The van der Waals surface area contributed by atoms with Crippen LogP contribution in [-0.2, 0) is 21.2 Å². The Morgan fingerprint density at radius 2 is 2.03 bits per heavy atom. The minimum Gasteiger partial charge on any atom is -0.334 e. The van der Waals surface area contributed by atoms with Gasteiger partial charge in [0.15, 0.2) is 15.0 Å². The van der Waals surface area contributed by atoms with E-state index in [1.165, 1.54) is 11.8 Å². The average molecular weight is 430 g/mol. The molecule has 8 heteroatoms. The summed E-state index contributed by atoms with van der Waals surface area (Å²) in [5, 5.41) is 0.692. The van der Waals surface area contributed by atoms with E-state index in [0.717, 1.165) is 22.2 Å². The van der Waals surface area contributed by atoms with Gasteiger partial charge in [0.25, 0.3) is 0 Å². The van der Waals surface area contributed by atoms with E-state index in [0.29, 0.717) is 18.1 Å². The van der Waals surface area contributed by atoms with Crippen molar-refractivity contribution in [1.82, 2.24) is 14.9 Å². The summed E-state index contributed by atoms with van der Waals surface area (Å²) in [6.07, 6.45) is 0.496. The maximum Gasteiger partial charge on any atom is 0.233 e. The zero-order valence-electron chi connectivity index (χ0n) is 16.2. The lowest BCUT2D eigenvalue weighted by Crippen LogP contribution is -2.41. The van der Waals surface area contributed by atoms with E-state index in [4.69, 9.17) is 0 Å². The third-order valence-corrected chi connectivity index (χ3v) is 7.72. The molecule has 2 aromatic carbocycles. The number of nitrogens with one attached hydrogen (secondary N) is 1. The fraction of sp³-hybridized carbons (Fsp3) is 0.333. The van der Waals surface area contributed by atoms with Crippen molar-refractivity contribution in [2.75, 3.05) is 17.3 Å². The normalized spacial score (nSPS) is 18.2. The van der Waals surface area contributed by atoms with Crippen LogP contribution in [-0.4, -0.2) is 52.5 Å². The van der Waals surface area contributed by atoms with Crippen LogP contribution in [0.15, 0.2) is 53.7 Å². The van der Waals surface area contributed by atoms with Gasteiger partial charge in [-0.05, 0) is 36.6 Å². The number of amides is 1. The van der Waals surface area contributed by atoms with Gasteiger partial charge in [-0.3, -0.25) is 4.79 Å². The molecule has 1 atom stereocenters. The number of aromatic nitrogens is 2. The second-order valence-corrected chi connectivity index (χ2v) is 10.6. The summed E-state index contributed by atoms with van der Waals surface area (Å²) < 4.78 is 23.9. The van der Waals surface area contributed by atoms with Crippen LogP contribution in [0, 0.1) is 6.92 Å². The number of benzene rings is 2. The summed E-state index contributed by atoms with van der Waals surface area (Å²) in [5.74, 6) is 0.326. The van der Waals surface area contributed by atoms with Gasteiger partial charge < -0.3 is 9.88 Å². The van der Waals surface area contributed by atoms with Gasteiger partial charge in [0.2, 0.25) is 5.91 Å². The molecular formula is C21H23N3O3S2. The van der Waals surface area contributed by atoms with Crippen LogP contribution in [0.2, 0.25) is 0 Å². The SMILES string of the molecule is Cc1ccc2nc(SCC(=O)N(Cc3ccccc3)[C@@H]3CCS(=O)(=O)C3)[nH]c2c1. The van der Waals surface area contributed by atoms with Gasteiger partial charge in [-0.15, -0.1) is 0 Å². The van der Waals surface area contributed by atoms with Gasteiger partial charge in [0, 0.05) is 12.6 Å². The van der Waals surface area contributed by atoms with Gasteiger partial charge in [-0.25, -0.2) is 13.4 Å². The Bertz CT molecular complexity index is 1130. The number of imidazole rings is 1. The Balaban J connectivity index is 1.49. The summed E-state index contributed by atoms with van der Waals surface area (Å²) in [7, 11) is -3.07. The molecule has 0 radical (unpaired) electrons. The molecule has 0 spiro atoms. The monoisotopic (exact) mass is 429 g/mol. The summed E-state index contributed by atoms with van der Waals surface area (Å²) in [4.78, 5) is 22.6. The van der Waals surface area contributed by atoms with Crippen LogP contribution in [0.1, 0.15) is 17.5 Å². The molecule has 4 rings (SSSR count). The van der Waals surface area contributed by atoms with E-state index in [2.05, 4.69) is 9.97 Å². The molecule has 1 amide bonds. The topological polar surface area (TPSA) is 83.1 Å². The first-order valence-electron chi connectivity index (χ1n) is 9.53. The van der Waals surface area contributed by atoms with Crippen molar-refractivity contribution in [2.24, 2.45) is 0 Å². The number of rotatable bonds is 6. The first-order chi connectivity index (χ1) is 13.9.